The van der Waals surface area contributed by atoms with Gasteiger partial charge in [0.05, 0.1) is 5.39 Å². The number of pyridine rings is 1. The van der Waals surface area contributed by atoms with E-state index in [1.807, 2.05) is 12.1 Å². The molecule has 4 rings (SSSR count). The third kappa shape index (κ3) is 1.81. The molecule has 1 aliphatic heterocycles. The third-order valence-electron chi connectivity index (χ3n) is 3.82. The topological polar surface area (TPSA) is 41.9 Å². The van der Waals surface area contributed by atoms with Crippen LogP contribution in [0.15, 0.2) is 48.9 Å². The zero-order chi connectivity index (χ0) is 13.4. The van der Waals surface area contributed by atoms with Crippen LogP contribution in [0.3, 0.4) is 0 Å². The van der Waals surface area contributed by atoms with E-state index in [0.717, 1.165) is 36.4 Å². The Morgan fingerprint density at radius 1 is 0.900 bits per heavy atom. The molecule has 0 spiro atoms. The summed E-state index contributed by atoms with van der Waals surface area (Å²) in [4.78, 5) is 15.3. The van der Waals surface area contributed by atoms with Crippen LogP contribution in [0.5, 0.6) is 0 Å². The van der Waals surface area contributed by atoms with Crippen LogP contribution in [0.2, 0.25) is 0 Å². The van der Waals surface area contributed by atoms with Crippen molar-refractivity contribution in [1.29, 1.82) is 0 Å². The van der Waals surface area contributed by atoms with Gasteiger partial charge in [0.1, 0.15) is 12.1 Å². The van der Waals surface area contributed by atoms with E-state index < -0.39 is 0 Å². The Labute approximate surface area is 117 Å². The molecule has 3 aromatic rings. The Hall–Kier alpha value is -2.49. The molecule has 0 saturated carbocycles. The molecule has 0 saturated heterocycles. The Morgan fingerprint density at radius 2 is 1.80 bits per heavy atom. The van der Waals surface area contributed by atoms with Crippen molar-refractivity contribution in [2.75, 3.05) is 11.4 Å². The monoisotopic (exact) mass is 262 g/mol. The van der Waals surface area contributed by atoms with E-state index in [4.69, 9.17) is 0 Å². The Bertz CT molecular complexity index is 764. The zero-order valence-corrected chi connectivity index (χ0v) is 11.0. The molecule has 98 valence electrons. The van der Waals surface area contributed by atoms with Crippen molar-refractivity contribution in [3.8, 4) is 0 Å². The number of nitrogens with zero attached hydrogens (tertiary/aromatic N) is 4. The summed E-state index contributed by atoms with van der Waals surface area (Å²) >= 11 is 0. The van der Waals surface area contributed by atoms with Crippen molar-refractivity contribution < 1.29 is 0 Å². The lowest BCUT2D eigenvalue weighted by atomic mass is 10.00. The quantitative estimate of drug-likeness (QED) is 0.676. The molecule has 0 radical (unpaired) electrons. The lowest BCUT2D eigenvalue weighted by molar-refractivity contribution is 0.723. The van der Waals surface area contributed by atoms with Gasteiger partial charge in [-0.2, -0.15) is 0 Å². The molecule has 0 unspecified atom stereocenters. The number of aromatic nitrogens is 3. The molecule has 4 heteroatoms. The third-order valence-corrected chi connectivity index (χ3v) is 3.82. The summed E-state index contributed by atoms with van der Waals surface area (Å²) in [7, 11) is 0. The fourth-order valence-corrected chi connectivity index (χ4v) is 2.81. The molecule has 3 heterocycles. The Kier molecular flexibility index (Phi) is 2.59. The summed E-state index contributed by atoms with van der Waals surface area (Å²) < 4.78 is 0. The smallest absolute Gasteiger partial charge is 0.164 e. The molecule has 1 aliphatic rings. The van der Waals surface area contributed by atoms with Gasteiger partial charge in [0, 0.05) is 19.3 Å². The lowest BCUT2D eigenvalue weighted by Gasteiger charge is -2.30. The minimum Gasteiger partial charge on any atom is -0.351 e. The standard InChI is InChI=1S/C16H14N4/c1-2-5-13-10-20(9-7-12(13)4-1)16-14-6-3-8-17-15(14)18-11-19-16/h1-6,8,11H,7,9-10H2. The average molecular weight is 262 g/mol. The van der Waals surface area contributed by atoms with Crippen LogP contribution in [-0.4, -0.2) is 21.5 Å². The molecular formula is C16H14N4. The molecular weight excluding hydrogens is 248 g/mol. The molecule has 0 aliphatic carbocycles. The maximum atomic E-state index is 4.48. The molecule has 0 N–H and O–H groups in total. The van der Waals surface area contributed by atoms with Gasteiger partial charge in [0.15, 0.2) is 5.65 Å². The van der Waals surface area contributed by atoms with Crippen molar-refractivity contribution in [2.45, 2.75) is 13.0 Å². The van der Waals surface area contributed by atoms with Crippen molar-refractivity contribution in [2.24, 2.45) is 0 Å². The Balaban J connectivity index is 1.78. The molecule has 4 nitrogen and oxygen atoms in total. The molecule has 0 amide bonds. The molecule has 0 atom stereocenters. The fraction of sp³-hybridized carbons (Fsp3) is 0.188. The first-order valence-electron chi connectivity index (χ1n) is 6.79. The summed E-state index contributed by atoms with van der Waals surface area (Å²) in [5.74, 6) is 0.984. The number of hydrogen-bond acceptors (Lipinski definition) is 4. The van der Waals surface area contributed by atoms with Gasteiger partial charge in [-0.25, -0.2) is 15.0 Å². The number of anilines is 1. The van der Waals surface area contributed by atoms with E-state index in [0.29, 0.717) is 0 Å². The fourth-order valence-electron chi connectivity index (χ4n) is 2.81. The number of rotatable bonds is 1. The minimum absolute atomic E-state index is 0.761. The molecule has 1 aromatic carbocycles. The second-order valence-electron chi connectivity index (χ2n) is 5.01. The lowest BCUT2D eigenvalue weighted by Crippen LogP contribution is -2.31. The van der Waals surface area contributed by atoms with Gasteiger partial charge >= 0.3 is 0 Å². The van der Waals surface area contributed by atoms with Crippen LogP contribution in [0.4, 0.5) is 5.82 Å². The van der Waals surface area contributed by atoms with E-state index in [2.05, 4.69) is 44.1 Å². The predicted molar refractivity (Wildman–Crippen MR) is 78.5 cm³/mol. The van der Waals surface area contributed by atoms with Crippen LogP contribution in [0, 0.1) is 0 Å². The SMILES string of the molecule is c1ccc2c(c1)CCN(c1ncnc3ncccc13)C2. The molecule has 0 bridgehead atoms. The van der Waals surface area contributed by atoms with Crippen LogP contribution in [0.1, 0.15) is 11.1 Å². The number of hydrogen-bond donors (Lipinski definition) is 0. The van der Waals surface area contributed by atoms with E-state index in [1.54, 1.807) is 12.5 Å². The summed E-state index contributed by atoms with van der Waals surface area (Å²) in [6, 6.07) is 12.6. The largest absolute Gasteiger partial charge is 0.351 e. The number of benzene rings is 1. The summed E-state index contributed by atoms with van der Waals surface area (Å²) in [6.07, 6.45) is 4.43. The van der Waals surface area contributed by atoms with Crippen LogP contribution in [0.25, 0.3) is 11.0 Å². The first kappa shape index (κ1) is 11.3. The number of fused-ring (bicyclic) bond motifs is 2. The van der Waals surface area contributed by atoms with Gasteiger partial charge < -0.3 is 4.90 Å². The predicted octanol–water partition coefficient (Wildman–Crippen LogP) is 2.59. The highest BCUT2D eigenvalue weighted by atomic mass is 15.2. The normalized spacial score (nSPS) is 14.3. The maximum absolute atomic E-state index is 4.48. The summed E-state index contributed by atoms with van der Waals surface area (Å²) in [5.41, 5.74) is 3.59. The van der Waals surface area contributed by atoms with Crippen LogP contribution < -0.4 is 4.90 Å². The molecule has 2 aromatic heterocycles. The highest BCUT2D eigenvalue weighted by Gasteiger charge is 2.19. The van der Waals surface area contributed by atoms with Gasteiger partial charge in [-0.3, -0.25) is 0 Å². The van der Waals surface area contributed by atoms with Crippen molar-refractivity contribution in [3.05, 3.63) is 60.0 Å². The van der Waals surface area contributed by atoms with Crippen molar-refractivity contribution in [3.63, 3.8) is 0 Å². The maximum Gasteiger partial charge on any atom is 0.164 e. The van der Waals surface area contributed by atoms with Gasteiger partial charge in [0.2, 0.25) is 0 Å². The highest BCUT2D eigenvalue weighted by Crippen LogP contribution is 2.27. The molecule has 20 heavy (non-hydrogen) atoms. The van der Waals surface area contributed by atoms with Gasteiger partial charge in [0.25, 0.3) is 0 Å². The minimum atomic E-state index is 0.761. The molecule has 0 fully saturated rings. The van der Waals surface area contributed by atoms with Gasteiger partial charge in [-0.1, -0.05) is 24.3 Å². The second-order valence-corrected chi connectivity index (χ2v) is 5.01. The highest BCUT2D eigenvalue weighted by molar-refractivity contribution is 5.86. The van der Waals surface area contributed by atoms with Crippen LogP contribution >= 0.6 is 0 Å². The van der Waals surface area contributed by atoms with Crippen molar-refractivity contribution >= 4 is 16.9 Å². The first-order valence-corrected chi connectivity index (χ1v) is 6.79. The van der Waals surface area contributed by atoms with Gasteiger partial charge in [-0.05, 0) is 29.7 Å². The van der Waals surface area contributed by atoms with Gasteiger partial charge in [-0.15, -0.1) is 0 Å². The Morgan fingerprint density at radius 3 is 2.75 bits per heavy atom. The second kappa shape index (κ2) is 4.56. The van der Waals surface area contributed by atoms with Crippen LogP contribution in [-0.2, 0) is 13.0 Å². The average Bonchev–Trinajstić information content (AvgIpc) is 2.54. The van der Waals surface area contributed by atoms with Crippen molar-refractivity contribution in [1.82, 2.24) is 15.0 Å². The van der Waals surface area contributed by atoms with E-state index >= 15 is 0 Å². The summed E-state index contributed by atoms with van der Waals surface area (Å²) in [6.45, 7) is 1.88. The first-order chi connectivity index (χ1) is 9.92. The van der Waals surface area contributed by atoms with E-state index in [9.17, 15) is 0 Å². The zero-order valence-electron chi connectivity index (χ0n) is 11.0. The summed E-state index contributed by atoms with van der Waals surface area (Å²) in [5, 5.41) is 1.02. The van der Waals surface area contributed by atoms with E-state index in [-0.39, 0.29) is 0 Å². The van der Waals surface area contributed by atoms with E-state index in [1.165, 1.54) is 11.1 Å².